The van der Waals surface area contributed by atoms with E-state index in [0.29, 0.717) is 5.02 Å². The lowest BCUT2D eigenvalue weighted by Gasteiger charge is -2.12. The predicted octanol–water partition coefficient (Wildman–Crippen LogP) is 7.33. The van der Waals surface area contributed by atoms with Gasteiger partial charge in [0.05, 0.1) is 22.4 Å². The fourth-order valence-electron chi connectivity index (χ4n) is 3.65. The van der Waals surface area contributed by atoms with E-state index < -0.39 is 0 Å². The highest BCUT2D eigenvalue weighted by atomic mass is 35.5. The second-order valence-corrected chi connectivity index (χ2v) is 7.60. The van der Waals surface area contributed by atoms with E-state index in [1.54, 1.807) is 0 Å². The van der Waals surface area contributed by atoms with Gasteiger partial charge in [0.2, 0.25) is 0 Å². The van der Waals surface area contributed by atoms with Crippen LogP contribution in [0.4, 0.5) is 0 Å². The molecule has 0 unspecified atom stereocenters. The molecule has 1 aromatic heterocycles. The molecule has 5 aromatic rings. The lowest BCUT2D eigenvalue weighted by molar-refractivity contribution is 1.14. The molecule has 0 spiro atoms. The van der Waals surface area contributed by atoms with Crippen molar-refractivity contribution in [1.82, 2.24) is 9.97 Å². The number of hydrogen-bond acceptors (Lipinski definition) is 2. The molecule has 0 fully saturated rings. The maximum absolute atomic E-state index is 6.11. The topological polar surface area (TPSA) is 25.8 Å². The normalized spacial score (nSPS) is 11.2. The number of aryl methyl sites for hydroxylation is 1. The third-order valence-electron chi connectivity index (χ3n) is 5.28. The van der Waals surface area contributed by atoms with Crippen molar-refractivity contribution in [3.8, 4) is 22.5 Å². The molecule has 0 bridgehead atoms. The molecule has 0 atom stereocenters. The molecule has 140 valence electrons. The second-order valence-electron chi connectivity index (χ2n) is 7.17. The van der Waals surface area contributed by atoms with Crippen LogP contribution >= 0.6 is 11.6 Å². The zero-order chi connectivity index (χ0) is 19.8. The monoisotopic (exact) mass is 394 g/mol. The van der Waals surface area contributed by atoms with Gasteiger partial charge in [0.25, 0.3) is 0 Å². The summed E-state index contributed by atoms with van der Waals surface area (Å²) in [5.74, 6) is 0. The van der Waals surface area contributed by atoms with Crippen LogP contribution in [-0.4, -0.2) is 9.97 Å². The Morgan fingerprint density at radius 3 is 1.62 bits per heavy atom. The Labute approximate surface area is 174 Å². The minimum atomic E-state index is 0.711. The van der Waals surface area contributed by atoms with Gasteiger partial charge in [-0.15, -0.1) is 0 Å². The van der Waals surface area contributed by atoms with Gasteiger partial charge in [-0.05, 0) is 47.0 Å². The lowest BCUT2D eigenvalue weighted by atomic mass is 10.0. The fourth-order valence-corrected chi connectivity index (χ4v) is 3.78. The van der Waals surface area contributed by atoms with Gasteiger partial charge in [0.15, 0.2) is 0 Å². The maximum atomic E-state index is 6.11. The molecule has 3 heteroatoms. The number of rotatable bonds is 3. The Bertz CT molecular complexity index is 1320. The number of benzene rings is 4. The molecule has 2 nitrogen and oxygen atoms in total. The average molecular weight is 395 g/mol. The second kappa shape index (κ2) is 7.31. The first kappa shape index (κ1) is 17.8. The summed E-state index contributed by atoms with van der Waals surface area (Å²) in [5, 5.41) is 3.04. The average Bonchev–Trinajstić information content (AvgIpc) is 2.77. The fraction of sp³-hybridized carbons (Fsp3) is 0.0769. The van der Waals surface area contributed by atoms with E-state index in [1.165, 1.54) is 10.9 Å². The highest BCUT2D eigenvalue weighted by Crippen LogP contribution is 2.33. The molecule has 0 aliphatic carbocycles. The molecule has 0 amide bonds. The minimum absolute atomic E-state index is 0.711. The van der Waals surface area contributed by atoms with Crippen molar-refractivity contribution in [3.63, 3.8) is 0 Å². The highest BCUT2D eigenvalue weighted by molar-refractivity contribution is 6.30. The van der Waals surface area contributed by atoms with Crippen molar-refractivity contribution >= 4 is 33.4 Å². The summed E-state index contributed by atoms with van der Waals surface area (Å²) < 4.78 is 0. The van der Waals surface area contributed by atoms with E-state index in [0.717, 1.165) is 45.4 Å². The lowest BCUT2D eigenvalue weighted by Crippen LogP contribution is -1.96. The molecular formula is C26H19ClN2. The smallest absolute Gasteiger partial charge is 0.0973 e. The SMILES string of the molecule is CCc1ccc(-c2nc3cc4ccccc4cc3nc2-c2ccc(Cl)cc2)cc1. The summed E-state index contributed by atoms with van der Waals surface area (Å²) in [7, 11) is 0. The molecule has 0 saturated carbocycles. The molecule has 29 heavy (non-hydrogen) atoms. The van der Waals surface area contributed by atoms with Crippen LogP contribution in [0.5, 0.6) is 0 Å². The van der Waals surface area contributed by atoms with Crippen molar-refractivity contribution in [2.24, 2.45) is 0 Å². The molecule has 0 aliphatic rings. The van der Waals surface area contributed by atoms with Crippen molar-refractivity contribution < 1.29 is 0 Å². The van der Waals surface area contributed by atoms with Crippen molar-refractivity contribution in [3.05, 3.63) is 95.5 Å². The Kier molecular flexibility index (Phi) is 4.49. The molecule has 0 N–H and O–H groups in total. The largest absolute Gasteiger partial charge is 0.244 e. The van der Waals surface area contributed by atoms with E-state index >= 15 is 0 Å². The Morgan fingerprint density at radius 2 is 1.14 bits per heavy atom. The Morgan fingerprint density at radius 1 is 0.655 bits per heavy atom. The van der Waals surface area contributed by atoms with Gasteiger partial charge in [-0.3, -0.25) is 0 Å². The van der Waals surface area contributed by atoms with Gasteiger partial charge in [0, 0.05) is 16.1 Å². The number of nitrogens with zero attached hydrogens (tertiary/aromatic N) is 2. The molecular weight excluding hydrogens is 376 g/mol. The zero-order valence-electron chi connectivity index (χ0n) is 16.1. The van der Waals surface area contributed by atoms with Crippen LogP contribution in [0, 0.1) is 0 Å². The van der Waals surface area contributed by atoms with Gasteiger partial charge >= 0.3 is 0 Å². The first-order valence-corrected chi connectivity index (χ1v) is 10.1. The Hall–Kier alpha value is -3.23. The van der Waals surface area contributed by atoms with Crippen LogP contribution in [0.2, 0.25) is 5.02 Å². The predicted molar refractivity (Wildman–Crippen MR) is 122 cm³/mol. The van der Waals surface area contributed by atoms with E-state index in [2.05, 4.69) is 55.5 Å². The summed E-state index contributed by atoms with van der Waals surface area (Å²) >= 11 is 6.11. The van der Waals surface area contributed by atoms with E-state index in [-0.39, 0.29) is 0 Å². The van der Waals surface area contributed by atoms with Crippen molar-refractivity contribution in [2.75, 3.05) is 0 Å². The van der Waals surface area contributed by atoms with Crippen LogP contribution in [0.25, 0.3) is 44.3 Å². The number of aromatic nitrogens is 2. The quantitative estimate of drug-likeness (QED) is 0.299. The van der Waals surface area contributed by atoms with Crippen LogP contribution in [-0.2, 0) is 6.42 Å². The summed E-state index contributed by atoms with van der Waals surface area (Å²) in [4.78, 5) is 10.1. The first-order chi connectivity index (χ1) is 14.2. The molecule has 0 radical (unpaired) electrons. The van der Waals surface area contributed by atoms with Crippen molar-refractivity contribution in [1.29, 1.82) is 0 Å². The van der Waals surface area contributed by atoms with Gasteiger partial charge < -0.3 is 0 Å². The van der Waals surface area contributed by atoms with Crippen LogP contribution in [0.15, 0.2) is 84.9 Å². The zero-order valence-corrected chi connectivity index (χ0v) is 16.8. The Balaban J connectivity index is 1.79. The van der Waals surface area contributed by atoms with Crippen LogP contribution < -0.4 is 0 Å². The number of hydrogen-bond donors (Lipinski definition) is 0. The maximum Gasteiger partial charge on any atom is 0.0973 e. The van der Waals surface area contributed by atoms with Gasteiger partial charge in [-0.2, -0.15) is 0 Å². The summed E-state index contributed by atoms with van der Waals surface area (Å²) in [5.41, 5.74) is 6.92. The van der Waals surface area contributed by atoms with E-state index in [9.17, 15) is 0 Å². The highest BCUT2D eigenvalue weighted by Gasteiger charge is 2.14. The first-order valence-electron chi connectivity index (χ1n) is 9.77. The molecule has 0 saturated heterocycles. The van der Waals surface area contributed by atoms with E-state index in [4.69, 9.17) is 21.6 Å². The van der Waals surface area contributed by atoms with Crippen molar-refractivity contribution in [2.45, 2.75) is 13.3 Å². The summed E-state index contributed by atoms with van der Waals surface area (Å²) in [6.45, 7) is 2.16. The molecule has 5 rings (SSSR count). The standard InChI is InChI=1S/C26H19ClN2/c1-2-17-7-9-18(10-8-17)25-26(19-11-13-22(27)14-12-19)29-24-16-21-6-4-3-5-20(21)15-23(24)28-25/h3-16H,2H2,1H3. The van der Waals surface area contributed by atoms with E-state index in [1.807, 2.05) is 36.4 Å². The number of halogens is 1. The minimum Gasteiger partial charge on any atom is -0.244 e. The molecule has 1 heterocycles. The van der Waals surface area contributed by atoms with Gasteiger partial charge in [-0.25, -0.2) is 9.97 Å². The third kappa shape index (κ3) is 3.37. The summed E-state index contributed by atoms with van der Waals surface area (Å²) in [6, 6.07) is 28.9. The molecule has 0 aliphatic heterocycles. The third-order valence-corrected chi connectivity index (χ3v) is 5.54. The van der Waals surface area contributed by atoms with Crippen LogP contribution in [0.3, 0.4) is 0 Å². The number of fused-ring (bicyclic) bond motifs is 2. The van der Waals surface area contributed by atoms with Gasteiger partial charge in [0.1, 0.15) is 0 Å². The van der Waals surface area contributed by atoms with Gasteiger partial charge in [-0.1, -0.05) is 79.2 Å². The summed E-state index contributed by atoms with van der Waals surface area (Å²) in [6.07, 6.45) is 1.01. The molecule has 4 aromatic carbocycles. The van der Waals surface area contributed by atoms with Crippen LogP contribution in [0.1, 0.15) is 12.5 Å².